The number of rotatable bonds is 4. The van der Waals surface area contributed by atoms with Gasteiger partial charge in [0, 0.05) is 31.6 Å². The summed E-state index contributed by atoms with van der Waals surface area (Å²) in [6.07, 6.45) is 4.27. The number of carbonyl (C=O) groups excluding carboxylic acids is 3. The topological polar surface area (TPSA) is 95.7 Å². The molecule has 3 aliphatic heterocycles. The molecule has 7 nitrogen and oxygen atoms in total. The molecular formula is C21H28N4O3. The van der Waals surface area contributed by atoms with Gasteiger partial charge >= 0.3 is 0 Å². The number of piperidine rings is 1. The minimum absolute atomic E-state index is 0.109. The Morgan fingerprint density at radius 1 is 1.14 bits per heavy atom. The highest BCUT2D eigenvalue weighted by atomic mass is 16.2. The molecule has 3 amide bonds. The van der Waals surface area contributed by atoms with E-state index in [1.54, 1.807) is 4.90 Å². The van der Waals surface area contributed by atoms with Crippen LogP contribution in [0.1, 0.15) is 53.6 Å². The number of nitrogens with one attached hydrogen (secondary N) is 1. The van der Waals surface area contributed by atoms with Crippen LogP contribution < -0.4 is 11.1 Å². The first kappa shape index (κ1) is 19.1. The van der Waals surface area contributed by atoms with Crippen LogP contribution in [0.4, 0.5) is 0 Å². The van der Waals surface area contributed by atoms with Crippen molar-refractivity contribution in [2.45, 2.75) is 51.2 Å². The van der Waals surface area contributed by atoms with Crippen LogP contribution in [-0.4, -0.2) is 53.2 Å². The van der Waals surface area contributed by atoms with Crippen LogP contribution in [0.2, 0.25) is 0 Å². The van der Waals surface area contributed by atoms with E-state index in [-0.39, 0.29) is 24.1 Å². The summed E-state index contributed by atoms with van der Waals surface area (Å²) in [6.45, 7) is 4.03. The zero-order valence-corrected chi connectivity index (χ0v) is 16.2. The minimum Gasteiger partial charge on any atom is -0.330 e. The second-order valence-corrected chi connectivity index (χ2v) is 8.22. The largest absolute Gasteiger partial charge is 0.330 e. The number of carbonyl (C=O) groups is 3. The van der Waals surface area contributed by atoms with Crippen LogP contribution in [0.25, 0.3) is 0 Å². The normalized spacial score (nSPS) is 26.2. The van der Waals surface area contributed by atoms with Crippen molar-refractivity contribution in [1.82, 2.24) is 15.1 Å². The highest BCUT2D eigenvalue weighted by Gasteiger charge is 2.39. The predicted octanol–water partition coefficient (Wildman–Crippen LogP) is 1.01. The second-order valence-electron chi connectivity index (χ2n) is 8.22. The van der Waals surface area contributed by atoms with Crippen molar-refractivity contribution in [1.29, 1.82) is 0 Å². The van der Waals surface area contributed by atoms with Gasteiger partial charge in [-0.2, -0.15) is 0 Å². The lowest BCUT2D eigenvalue weighted by Gasteiger charge is -2.29. The average molecular weight is 384 g/mol. The molecule has 2 fully saturated rings. The Labute approximate surface area is 165 Å². The van der Waals surface area contributed by atoms with Crippen LogP contribution >= 0.6 is 0 Å². The Kier molecular flexibility index (Phi) is 5.46. The second kappa shape index (κ2) is 8.01. The predicted molar refractivity (Wildman–Crippen MR) is 104 cm³/mol. The van der Waals surface area contributed by atoms with Crippen molar-refractivity contribution in [2.75, 3.05) is 19.6 Å². The lowest BCUT2D eigenvalue weighted by Crippen LogP contribution is -2.52. The van der Waals surface area contributed by atoms with E-state index >= 15 is 0 Å². The molecule has 0 bridgehead atoms. The monoisotopic (exact) mass is 384 g/mol. The van der Waals surface area contributed by atoms with Crippen LogP contribution in [0, 0.1) is 5.92 Å². The van der Waals surface area contributed by atoms with E-state index in [0.29, 0.717) is 24.4 Å². The van der Waals surface area contributed by atoms with Crippen molar-refractivity contribution < 1.29 is 14.4 Å². The van der Waals surface area contributed by atoms with Gasteiger partial charge in [0.2, 0.25) is 11.8 Å². The summed E-state index contributed by atoms with van der Waals surface area (Å²) in [6, 6.07) is 5.51. The van der Waals surface area contributed by atoms with Crippen molar-refractivity contribution in [3.63, 3.8) is 0 Å². The molecule has 0 radical (unpaired) electrons. The quantitative estimate of drug-likeness (QED) is 0.756. The maximum absolute atomic E-state index is 13.0. The van der Waals surface area contributed by atoms with E-state index in [1.165, 1.54) is 19.3 Å². The molecule has 0 aliphatic carbocycles. The zero-order chi connectivity index (χ0) is 19.7. The minimum atomic E-state index is -0.558. The molecule has 2 unspecified atom stereocenters. The van der Waals surface area contributed by atoms with Gasteiger partial charge in [-0.05, 0) is 55.5 Å². The highest BCUT2D eigenvalue weighted by molar-refractivity contribution is 6.05. The van der Waals surface area contributed by atoms with Gasteiger partial charge in [0.1, 0.15) is 6.04 Å². The van der Waals surface area contributed by atoms with Crippen molar-refractivity contribution in [3.8, 4) is 0 Å². The Balaban J connectivity index is 1.47. The Bertz CT molecular complexity index is 794. The third-order valence-corrected chi connectivity index (χ3v) is 6.19. The zero-order valence-electron chi connectivity index (χ0n) is 16.2. The summed E-state index contributed by atoms with van der Waals surface area (Å²) in [7, 11) is 0. The fourth-order valence-corrected chi connectivity index (χ4v) is 4.61. The smallest absolute Gasteiger partial charge is 0.255 e. The van der Waals surface area contributed by atoms with Crippen molar-refractivity contribution >= 4 is 17.7 Å². The molecule has 0 spiro atoms. The molecule has 3 N–H and O–H groups in total. The number of nitrogens with two attached hydrogens (primary N) is 1. The number of nitrogens with zero attached hydrogens (tertiary/aromatic N) is 2. The molecule has 3 heterocycles. The van der Waals surface area contributed by atoms with Gasteiger partial charge in [0.05, 0.1) is 0 Å². The third kappa shape index (κ3) is 3.82. The third-order valence-electron chi connectivity index (χ3n) is 6.19. The van der Waals surface area contributed by atoms with Crippen LogP contribution in [-0.2, 0) is 22.7 Å². The molecule has 0 aromatic heterocycles. The number of fused-ring (bicyclic) bond motifs is 1. The molecule has 1 aromatic carbocycles. The summed E-state index contributed by atoms with van der Waals surface area (Å²) in [4.78, 5) is 40.5. The molecule has 2 atom stereocenters. The van der Waals surface area contributed by atoms with Gasteiger partial charge in [0.15, 0.2) is 0 Å². The maximum Gasteiger partial charge on any atom is 0.255 e. The number of benzene rings is 1. The van der Waals surface area contributed by atoms with E-state index < -0.39 is 6.04 Å². The Morgan fingerprint density at radius 3 is 2.79 bits per heavy atom. The SMILES string of the molecule is NCC1CCCCN(Cc2ccc3c(c2)C(=O)N(C2CCC(=O)NC2=O)C3)C1. The number of hydrogen-bond donors (Lipinski definition) is 2. The first-order valence-electron chi connectivity index (χ1n) is 10.2. The van der Waals surface area contributed by atoms with Crippen molar-refractivity contribution in [2.24, 2.45) is 11.7 Å². The molecule has 1 aromatic rings. The average Bonchev–Trinajstić information content (AvgIpc) is 2.85. The molecule has 7 heteroatoms. The van der Waals surface area contributed by atoms with Crippen LogP contribution in [0.15, 0.2) is 18.2 Å². The maximum atomic E-state index is 13.0. The summed E-state index contributed by atoms with van der Waals surface area (Å²) in [5.41, 5.74) is 8.66. The molecule has 150 valence electrons. The van der Waals surface area contributed by atoms with E-state index in [2.05, 4.69) is 16.3 Å². The van der Waals surface area contributed by atoms with E-state index in [1.807, 2.05) is 12.1 Å². The van der Waals surface area contributed by atoms with Gasteiger partial charge in [-0.1, -0.05) is 18.6 Å². The molecule has 3 aliphatic rings. The van der Waals surface area contributed by atoms with Gasteiger partial charge in [-0.3, -0.25) is 24.6 Å². The number of likely N-dealkylation sites (tertiary alicyclic amines) is 1. The van der Waals surface area contributed by atoms with Gasteiger partial charge < -0.3 is 10.6 Å². The molecule has 2 saturated heterocycles. The molecule has 28 heavy (non-hydrogen) atoms. The summed E-state index contributed by atoms with van der Waals surface area (Å²) in [5.74, 6) is -0.195. The molecule has 4 rings (SSSR count). The van der Waals surface area contributed by atoms with E-state index in [0.717, 1.165) is 37.3 Å². The number of amides is 3. The number of imide groups is 1. The van der Waals surface area contributed by atoms with E-state index in [9.17, 15) is 14.4 Å². The van der Waals surface area contributed by atoms with Crippen molar-refractivity contribution in [3.05, 3.63) is 34.9 Å². The highest BCUT2D eigenvalue weighted by Crippen LogP contribution is 2.29. The lowest BCUT2D eigenvalue weighted by molar-refractivity contribution is -0.136. The van der Waals surface area contributed by atoms with Gasteiger partial charge in [-0.15, -0.1) is 0 Å². The fraction of sp³-hybridized carbons (Fsp3) is 0.571. The lowest BCUT2D eigenvalue weighted by atomic mass is 10.0. The summed E-state index contributed by atoms with van der Waals surface area (Å²) < 4.78 is 0. The Hall–Kier alpha value is -2.25. The molecular weight excluding hydrogens is 356 g/mol. The summed E-state index contributed by atoms with van der Waals surface area (Å²) in [5, 5.41) is 2.35. The standard InChI is InChI=1S/C21H28N4O3/c22-10-15-3-1-2-8-24(12-15)11-14-4-5-16-13-25(21(28)17(16)9-14)18-6-7-19(26)23-20(18)27/h4-5,9,15,18H,1-3,6-8,10-13,22H2,(H,23,26,27). The van der Waals surface area contributed by atoms with Gasteiger partial charge in [0.25, 0.3) is 5.91 Å². The van der Waals surface area contributed by atoms with Gasteiger partial charge in [-0.25, -0.2) is 0 Å². The summed E-state index contributed by atoms with van der Waals surface area (Å²) >= 11 is 0. The van der Waals surface area contributed by atoms with Crippen LogP contribution in [0.3, 0.4) is 0 Å². The Morgan fingerprint density at radius 2 is 2.00 bits per heavy atom. The number of hydrogen-bond acceptors (Lipinski definition) is 5. The molecule has 0 saturated carbocycles. The van der Waals surface area contributed by atoms with Crippen LogP contribution in [0.5, 0.6) is 0 Å². The first-order valence-corrected chi connectivity index (χ1v) is 10.2. The van der Waals surface area contributed by atoms with E-state index in [4.69, 9.17) is 5.73 Å². The first-order chi connectivity index (χ1) is 13.5. The fourth-order valence-electron chi connectivity index (χ4n) is 4.61.